The summed E-state index contributed by atoms with van der Waals surface area (Å²) in [5, 5.41) is 5.04. The van der Waals surface area contributed by atoms with Gasteiger partial charge in [0.2, 0.25) is 5.91 Å². The first-order chi connectivity index (χ1) is 20.4. The Kier molecular flexibility index (Phi) is 11.6. The average Bonchev–Trinajstić information content (AvgIpc) is 2.95. The van der Waals surface area contributed by atoms with E-state index in [1.165, 1.54) is 12.1 Å². The lowest BCUT2D eigenvalue weighted by Crippen LogP contribution is -2.28. The van der Waals surface area contributed by atoms with Gasteiger partial charge in [-0.2, -0.15) is 0 Å². The summed E-state index contributed by atoms with van der Waals surface area (Å²) in [5.74, 6) is -5.34. The van der Waals surface area contributed by atoms with Crippen LogP contribution in [0.5, 0.6) is 5.75 Å². The van der Waals surface area contributed by atoms with Crippen molar-refractivity contribution in [1.82, 2.24) is 5.32 Å². The van der Waals surface area contributed by atoms with Gasteiger partial charge in [0.25, 0.3) is 5.91 Å². The van der Waals surface area contributed by atoms with Crippen LogP contribution in [0.2, 0.25) is 0 Å². The maximum atomic E-state index is 14.4. The van der Waals surface area contributed by atoms with E-state index in [1.807, 2.05) is 6.92 Å². The van der Waals surface area contributed by atoms with Crippen molar-refractivity contribution >= 4 is 23.5 Å². The number of esters is 1. The van der Waals surface area contributed by atoms with Gasteiger partial charge in [-0.1, -0.05) is 37.6 Å². The SMILES string of the molecule is CCC[C@@H](c1ccc(C(=O)NCCC(=O)OCC)cc1)[C@H](C(=O)Nc1cc(F)ccc1F)c1ccc(OC(F)(F)F)cc1. The minimum atomic E-state index is -4.91. The highest BCUT2D eigenvalue weighted by Gasteiger charge is 2.33. The summed E-state index contributed by atoms with van der Waals surface area (Å²) in [6.07, 6.45) is -3.89. The van der Waals surface area contributed by atoms with E-state index >= 15 is 0 Å². The number of hydrogen-bond donors (Lipinski definition) is 2. The van der Waals surface area contributed by atoms with Gasteiger partial charge in [0, 0.05) is 18.2 Å². The molecule has 3 aromatic rings. The van der Waals surface area contributed by atoms with Crippen LogP contribution in [-0.4, -0.2) is 37.3 Å². The van der Waals surface area contributed by atoms with Crippen LogP contribution in [0, 0.1) is 11.6 Å². The van der Waals surface area contributed by atoms with E-state index in [-0.39, 0.29) is 19.6 Å². The number of anilines is 1. The number of amides is 2. The van der Waals surface area contributed by atoms with Crippen molar-refractivity contribution in [2.24, 2.45) is 0 Å². The lowest BCUT2D eigenvalue weighted by atomic mass is 9.78. The number of ether oxygens (including phenoxy) is 2. The summed E-state index contributed by atoms with van der Waals surface area (Å²) in [7, 11) is 0. The first kappa shape index (κ1) is 33.0. The molecule has 0 spiro atoms. The lowest BCUT2D eigenvalue weighted by molar-refractivity contribution is -0.274. The number of carbonyl (C=O) groups is 3. The van der Waals surface area contributed by atoms with E-state index in [9.17, 15) is 36.3 Å². The van der Waals surface area contributed by atoms with Crippen LogP contribution in [0.1, 0.15) is 66.4 Å². The predicted molar refractivity (Wildman–Crippen MR) is 149 cm³/mol. The molecule has 0 unspecified atom stereocenters. The second kappa shape index (κ2) is 15.1. The molecular weight excluding hydrogens is 575 g/mol. The van der Waals surface area contributed by atoms with Crippen LogP contribution in [-0.2, 0) is 14.3 Å². The largest absolute Gasteiger partial charge is 0.573 e. The maximum absolute atomic E-state index is 14.4. The van der Waals surface area contributed by atoms with Crippen LogP contribution < -0.4 is 15.4 Å². The number of halogens is 5. The number of nitrogens with one attached hydrogen (secondary N) is 2. The molecule has 2 N–H and O–H groups in total. The lowest BCUT2D eigenvalue weighted by Gasteiger charge is -2.28. The Morgan fingerprint density at radius 1 is 0.884 bits per heavy atom. The average molecular weight is 607 g/mol. The molecule has 230 valence electrons. The summed E-state index contributed by atoms with van der Waals surface area (Å²) >= 11 is 0. The molecule has 7 nitrogen and oxygen atoms in total. The van der Waals surface area contributed by atoms with Gasteiger partial charge in [-0.3, -0.25) is 14.4 Å². The van der Waals surface area contributed by atoms with E-state index in [1.54, 1.807) is 31.2 Å². The Labute approximate surface area is 245 Å². The fourth-order valence-electron chi connectivity index (χ4n) is 4.58. The minimum absolute atomic E-state index is 0.00569. The molecule has 0 aliphatic carbocycles. The summed E-state index contributed by atoms with van der Waals surface area (Å²) in [6.45, 7) is 3.86. The number of hydrogen-bond acceptors (Lipinski definition) is 5. The Morgan fingerprint density at radius 2 is 1.53 bits per heavy atom. The third-order valence-electron chi connectivity index (χ3n) is 6.46. The van der Waals surface area contributed by atoms with Crippen molar-refractivity contribution in [3.8, 4) is 5.75 Å². The number of benzene rings is 3. The van der Waals surface area contributed by atoms with E-state index in [0.29, 0.717) is 29.5 Å². The van der Waals surface area contributed by atoms with Crippen molar-refractivity contribution in [1.29, 1.82) is 0 Å². The molecule has 3 rings (SSSR count). The summed E-state index contributed by atoms with van der Waals surface area (Å²) in [4.78, 5) is 37.7. The zero-order valence-corrected chi connectivity index (χ0v) is 23.5. The van der Waals surface area contributed by atoms with Gasteiger partial charge in [0.05, 0.1) is 24.6 Å². The van der Waals surface area contributed by atoms with Crippen LogP contribution in [0.4, 0.5) is 27.6 Å². The monoisotopic (exact) mass is 606 g/mol. The second-order valence-corrected chi connectivity index (χ2v) is 9.54. The molecule has 0 radical (unpaired) electrons. The molecule has 3 aromatic carbocycles. The Hall–Kier alpha value is -4.48. The summed E-state index contributed by atoms with van der Waals surface area (Å²) in [5.41, 5.74) is 0.833. The highest BCUT2D eigenvalue weighted by Crippen LogP contribution is 2.39. The van der Waals surface area contributed by atoms with Crippen molar-refractivity contribution in [3.63, 3.8) is 0 Å². The summed E-state index contributed by atoms with van der Waals surface area (Å²) in [6, 6.07) is 13.7. The van der Waals surface area contributed by atoms with Crippen LogP contribution >= 0.6 is 0 Å². The van der Waals surface area contributed by atoms with E-state index in [4.69, 9.17) is 4.74 Å². The molecule has 0 saturated carbocycles. The van der Waals surface area contributed by atoms with Crippen LogP contribution in [0.3, 0.4) is 0 Å². The van der Waals surface area contributed by atoms with Crippen molar-refractivity contribution in [2.45, 2.75) is 51.3 Å². The molecular formula is C31H31F5N2O5. The predicted octanol–water partition coefficient (Wildman–Crippen LogP) is 6.85. The summed E-state index contributed by atoms with van der Waals surface area (Å²) < 4.78 is 75.1. The molecule has 0 heterocycles. The minimum Gasteiger partial charge on any atom is -0.466 e. The quantitative estimate of drug-likeness (QED) is 0.164. The smallest absolute Gasteiger partial charge is 0.466 e. The first-order valence-corrected chi connectivity index (χ1v) is 13.6. The number of carbonyl (C=O) groups excluding carboxylic acids is 3. The molecule has 2 amide bonds. The highest BCUT2D eigenvalue weighted by atomic mass is 19.4. The molecule has 12 heteroatoms. The molecule has 0 aliphatic heterocycles. The van der Waals surface area contributed by atoms with Crippen LogP contribution in [0.25, 0.3) is 0 Å². The Balaban J connectivity index is 1.92. The van der Waals surface area contributed by atoms with Gasteiger partial charge in [0.15, 0.2) is 0 Å². The van der Waals surface area contributed by atoms with Gasteiger partial charge in [-0.15, -0.1) is 13.2 Å². The molecule has 0 saturated heterocycles. The van der Waals surface area contributed by atoms with E-state index < -0.39 is 59.1 Å². The maximum Gasteiger partial charge on any atom is 0.573 e. The highest BCUT2D eigenvalue weighted by molar-refractivity contribution is 5.97. The topological polar surface area (TPSA) is 93.7 Å². The van der Waals surface area contributed by atoms with Crippen molar-refractivity contribution in [3.05, 3.63) is 95.1 Å². The van der Waals surface area contributed by atoms with Gasteiger partial charge < -0.3 is 20.1 Å². The molecule has 0 aliphatic rings. The Morgan fingerprint density at radius 3 is 2.14 bits per heavy atom. The zero-order chi connectivity index (χ0) is 31.6. The van der Waals surface area contributed by atoms with E-state index in [2.05, 4.69) is 15.4 Å². The fraction of sp³-hybridized carbons (Fsp3) is 0.323. The van der Waals surface area contributed by atoms with Crippen LogP contribution in [0.15, 0.2) is 66.7 Å². The van der Waals surface area contributed by atoms with Gasteiger partial charge in [0.1, 0.15) is 17.4 Å². The molecule has 0 fully saturated rings. The van der Waals surface area contributed by atoms with Crippen molar-refractivity contribution < 1.29 is 45.8 Å². The van der Waals surface area contributed by atoms with Gasteiger partial charge in [-0.05, 0) is 66.8 Å². The molecule has 0 aromatic heterocycles. The number of alkyl halides is 3. The number of rotatable bonds is 13. The molecule has 0 bridgehead atoms. The first-order valence-electron chi connectivity index (χ1n) is 13.6. The molecule has 43 heavy (non-hydrogen) atoms. The van der Waals surface area contributed by atoms with Crippen molar-refractivity contribution in [2.75, 3.05) is 18.5 Å². The van der Waals surface area contributed by atoms with Gasteiger partial charge >= 0.3 is 12.3 Å². The molecule has 2 atom stereocenters. The third-order valence-corrected chi connectivity index (χ3v) is 6.46. The zero-order valence-electron chi connectivity index (χ0n) is 23.5. The third kappa shape index (κ3) is 9.79. The standard InChI is InChI=1S/C31H31F5N2O5/c1-3-5-24(19-6-8-21(9-7-19)29(40)37-17-16-27(39)42-4-2)28(20-10-13-23(14-11-20)43-31(34,35)36)30(41)38-26-18-22(32)12-15-25(26)33/h6-15,18,24,28H,3-5,16-17H2,1-2H3,(H,37,40)(H,38,41)/t24-,28+/m0/s1. The fourth-order valence-corrected chi connectivity index (χ4v) is 4.58. The Bertz CT molecular complexity index is 1400. The van der Waals surface area contributed by atoms with Gasteiger partial charge in [-0.25, -0.2) is 8.78 Å². The normalized spacial score (nSPS) is 12.6. The second-order valence-electron chi connectivity index (χ2n) is 9.54. The van der Waals surface area contributed by atoms with E-state index in [0.717, 1.165) is 30.3 Å².